The van der Waals surface area contributed by atoms with Crippen LogP contribution in [0.2, 0.25) is 0 Å². The fourth-order valence-electron chi connectivity index (χ4n) is 3.10. The van der Waals surface area contributed by atoms with E-state index in [1.807, 2.05) is 18.2 Å². The van der Waals surface area contributed by atoms with Crippen molar-refractivity contribution in [1.29, 1.82) is 0 Å². The maximum Gasteiger partial charge on any atom is 0.0587 e. The van der Waals surface area contributed by atoms with Gasteiger partial charge in [-0.15, -0.1) is 0 Å². The average Bonchev–Trinajstić information content (AvgIpc) is 3.00. The molecule has 2 N–H and O–H groups in total. The Bertz CT molecular complexity index is 579. The molecule has 0 heterocycles. The van der Waals surface area contributed by atoms with E-state index < -0.39 is 0 Å². The number of hydrogen-bond acceptors (Lipinski definition) is 2. The van der Waals surface area contributed by atoms with E-state index in [9.17, 15) is 5.11 Å². The molecule has 0 bridgehead atoms. The molecule has 2 aromatic rings. The van der Waals surface area contributed by atoms with Gasteiger partial charge in [0, 0.05) is 12.6 Å². The van der Waals surface area contributed by atoms with Crippen molar-refractivity contribution in [2.24, 2.45) is 0 Å². The monoisotopic (exact) mass is 281 g/mol. The number of benzene rings is 2. The molecule has 0 radical (unpaired) electrons. The van der Waals surface area contributed by atoms with E-state index in [0.717, 1.165) is 13.0 Å². The number of hydrogen-bond donors (Lipinski definition) is 2. The Morgan fingerprint density at radius 2 is 1.76 bits per heavy atom. The van der Waals surface area contributed by atoms with Crippen LogP contribution in [0.4, 0.5) is 0 Å². The first kappa shape index (κ1) is 14.3. The lowest BCUT2D eigenvalue weighted by atomic mass is 10.0. The van der Waals surface area contributed by atoms with E-state index in [0.29, 0.717) is 0 Å². The summed E-state index contributed by atoms with van der Waals surface area (Å²) in [5, 5.41) is 13.0. The van der Waals surface area contributed by atoms with Crippen molar-refractivity contribution in [2.45, 2.75) is 38.3 Å². The van der Waals surface area contributed by atoms with Crippen molar-refractivity contribution < 1.29 is 5.11 Å². The molecule has 2 aromatic carbocycles. The van der Waals surface area contributed by atoms with Crippen molar-refractivity contribution >= 4 is 0 Å². The molecule has 21 heavy (non-hydrogen) atoms. The zero-order valence-electron chi connectivity index (χ0n) is 12.4. The van der Waals surface area contributed by atoms with Crippen LogP contribution in [0.3, 0.4) is 0 Å². The highest BCUT2D eigenvalue weighted by Gasteiger charge is 2.12. The van der Waals surface area contributed by atoms with E-state index in [-0.39, 0.29) is 12.6 Å². The van der Waals surface area contributed by atoms with Crippen LogP contribution in [0.1, 0.15) is 28.7 Å². The summed E-state index contributed by atoms with van der Waals surface area (Å²) in [7, 11) is 0. The molecule has 0 aromatic heterocycles. The molecule has 2 heteroatoms. The Morgan fingerprint density at radius 3 is 2.57 bits per heavy atom. The van der Waals surface area contributed by atoms with Gasteiger partial charge < -0.3 is 10.4 Å². The van der Waals surface area contributed by atoms with Gasteiger partial charge in [-0.2, -0.15) is 0 Å². The van der Waals surface area contributed by atoms with E-state index in [4.69, 9.17) is 0 Å². The lowest BCUT2D eigenvalue weighted by Crippen LogP contribution is -2.34. The van der Waals surface area contributed by atoms with E-state index in [1.54, 1.807) is 0 Å². The number of rotatable bonds is 6. The molecule has 1 aliphatic carbocycles. The van der Waals surface area contributed by atoms with Crippen molar-refractivity contribution in [1.82, 2.24) is 5.32 Å². The highest BCUT2D eigenvalue weighted by Crippen LogP contribution is 2.22. The van der Waals surface area contributed by atoms with Crippen LogP contribution >= 0.6 is 0 Å². The molecule has 0 aliphatic heterocycles. The minimum Gasteiger partial charge on any atom is -0.395 e. The van der Waals surface area contributed by atoms with Gasteiger partial charge in [-0.25, -0.2) is 0 Å². The number of aliphatic hydroxyl groups excluding tert-OH is 1. The van der Waals surface area contributed by atoms with E-state index >= 15 is 0 Å². The van der Waals surface area contributed by atoms with Gasteiger partial charge >= 0.3 is 0 Å². The van der Waals surface area contributed by atoms with Gasteiger partial charge in [0.1, 0.15) is 0 Å². The molecule has 0 amide bonds. The van der Waals surface area contributed by atoms with E-state index in [2.05, 4.69) is 35.6 Å². The Hall–Kier alpha value is -1.64. The lowest BCUT2D eigenvalue weighted by Gasteiger charge is -2.17. The van der Waals surface area contributed by atoms with Gasteiger partial charge in [0.15, 0.2) is 0 Å². The first-order valence-electron chi connectivity index (χ1n) is 7.84. The number of nitrogens with one attached hydrogen (secondary N) is 1. The zero-order chi connectivity index (χ0) is 14.5. The van der Waals surface area contributed by atoms with Crippen molar-refractivity contribution in [3.63, 3.8) is 0 Å². The largest absolute Gasteiger partial charge is 0.395 e. The Labute approximate surface area is 126 Å². The summed E-state index contributed by atoms with van der Waals surface area (Å²) in [5.74, 6) is 0. The second-order valence-electron chi connectivity index (χ2n) is 5.91. The third-order valence-corrected chi connectivity index (χ3v) is 4.30. The third-order valence-electron chi connectivity index (χ3n) is 4.30. The maximum absolute atomic E-state index is 9.56. The predicted octanol–water partition coefficient (Wildman–Crippen LogP) is 2.87. The summed E-state index contributed by atoms with van der Waals surface area (Å²) in [6, 6.07) is 17.3. The fraction of sp³-hybridized carbons (Fsp3) is 0.368. The highest BCUT2D eigenvalue weighted by atomic mass is 16.3. The lowest BCUT2D eigenvalue weighted by molar-refractivity contribution is 0.241. The van der Waals surface area contributed by atoms with Crippen LogP contribution in [0.15, 0.2) is 48.5 Å². The minimum atomic E-state index is 0.112. The first-order chi connectivity index (χ1) is 10.3. The van der Waals surface area contributed by atoms with Gasteiger partial charge in [-0.3, -0.25) is 0 Å². The van der Waals surface area contributed by atoms with Gasteiger partial charge in [0.2, 0.25) is 0 Å². The Morgan fingerprint density at radius 1 is 0.952 bits per heavy atom. The van der Waals surface area contributed by atoms with E-state index in [1.165, 1.54) is 41.5 Å². The molecule has 0 fully saturated rings. The standard InChI is InChI=1S/C19H23NO/c21-14-19(12-15-5-2-1-3-6-15)20-13-16-9-10-17-7-4-8-18(17)11-16/h1-3,5-6,9-11,19-21H,4,7-8,12-14H2. The summed E-state index contributed by atoms with van der Waals surface area (Å²) in [6.07, 6.45) is 4.61. The second-order valence-corrected chi connectivity index (χ2v) is 5.91. The van der Waals surface area contributed by atoms with Crippen LogP contribution in [0, 0.1) is 0 Å². The molecule has 0 spiro atoms. The normalized spacial score (nSPS) is 14.9. The van der Waals surface area contributed by atoms with Gasteiger partial charge in [-0.1, -0.05) is 48.5 Å². The molecule has 1 atom stereocenters. The average molecular weight is 281 g/mol. The number of aryl methyl sites for hydroxylation is 2. The van der Waals surface area contributed by atoms with Gasteiger partial charge in [0.05, 0.1) is 6.61 Å². The van der Waals surface area contributed by atoms with Crippen LogP contribution in [-0.4, -0.2) is 17.8 Å². The molecule has 2 nitrogen and oxygen atoms in total. The topological polar surface area (TPSA) is 32.3 Å². The number of aliphatic hydroxyl groups is 1. The zero-order valence-corrected chi connectivity index (χ0v) is 12.4. The van der Waals surface area contributed by atoms with Crippen molar-refractivity contribution in [3.05, 3.63) is 70.8 Å². The Kier molecular flexibility index (Phi) is 4.69. The first-order valence-corrected chi connectivity index (χ1v) is 7.84. The summed E-state index contributed by atoms with van der Waals surface area (Å²) < 4.78 is 0. The predicted molar refractivity (Wildman–Crippen MR) is 86.3 cm³/mol. The van der Waals surface area contributed by atoms with Crippen molar-refractivity contribution in [2.75, 3.05) is 6.61 Å². The summed E-state index contributed by atoms with van der Waals surface area (Å²) in [5.41, 5.74) is 5.61. The van der Waals surface area contributed by atoms with Crippen LogP contribution < -0.4 is 5.32 Å². The second kappa shape index (κ2) is 6.88. The van der Waals surface area contributed by atoms with Crippen LogP contribution in [0.25, 0.3) is 0 Å². The summed E-state index contributed by atoms with van der Waals surface area (Å²) >= 11 is 0. The molecule has 1 aliphatic rings. The number of fused-ring (bicyclic) bond motifs is 1. The molecule has 1 unspecified atom stereocenters. The highest BCUT2D eigenvalue weighted by molar-refractivity contribution is 5.35. The molecular weight excluding hydrogens is 258 g/mol. The minimum absolute atomic E-state index is 0.112. The SMILES string of the molecule is OCC(Cc1ccccc1)NCc1ccc2c(c1)CCC2. The molecule has 110 valence electrons. The smallest absolute Gasteiger partial charge is 0.0587 e. The fourth-order valence-corrected chi connectivity index (χ4v) is 3.10. The summed E-state index contributed by atoms with van der Waals surface area (Å²) in [6.45, 7) is 0.991. The van der Waals surface area contributed by atoms with Crippen molar-refractivity contribution in [3.8, 4) is 0 Å². The van der Waals surface area contributed by atoms with Crippen LogP contribution in [-0.2, 0) is 25.8 Å². The molecule has 3 rings (SSSR count). The summed E-state index contributed by atoms with van der Waals surface area (Å²) in [4.78, 5) is 0. The third kappa shape index (κ3) is 3.72. The van der Waals surface area contributed by atoms with Gasteiger partial charge in [-0.05, 0) is 47.9 Å². The van der Waals surface area contributed by atoms with Gasteiger partial charge in [0.25, 0.3) is 0 Å². The quantitative estimate of drug-likeness (QED) is 0.853. The maximum atomic E-state index is 9.56. The molecule has 0 saturated heterocycles. The van der Waals surface area contributed by atoms with Crippen LogP contribution in [0.5, 0.6) is 0 Å². The Balaban J connectivity index is 1.58. The molecular formula is C19H23NO. The molecule has 0 saturated carbocycles.